The lowest BCUT2D eigenvalue weighted by Crippen LogP contribution is -2.40. The Morgan fingerprint density at radius 1 is 1.00 bits per heavy atom. The summed E-state index contributed by atoms with van der Waals surface area (Å²) in [7, 11) is 0. The number of hydrogen-bond donors (Lipinski definition) is 0. The maximum atomic E-state index is 4.51. The molecule has 3 heteroatoms. The second-order valence-electron chi connectivity index (χ2n) is 4.01. The second-order valence-corrected chi connectivity index (χ2v) is 4.01. The fraction of sp³-hybridized carbons (Fsp3) is 0.308. The van der Waals surface area contributed by atoms with Gasteiger partial charge in [-0.25, -0.2) is 10.3 Å². The number of pyridine rings is 1. The molecule has 1 aromatic heterocycles. The predicted molar refractivity (Wildman–Crippen MR) is 65.8 cm³/mol. The largest absolute Gasteiger partial charge is 0.353 e. The van der Waals surface area contributed by atoms with Crippen LogP contribution in [0.25, 0.3) is 10.8 Å². The van der Waals surface area contributed by atoms with Gasteiger partial charge in [0.1, 0.15) is 5.82 Å². The molecule has 0 spiro atoms. The SMILES string of the molecule is c1ccc2c(N3CC[N]CC3)nccc2c1. The number of benzene rings is 1. The molecule has 1 aromatic carbocycles. The van der Waals surface area contributed by atoms with E-state index in [0.29, 0.717) is 0 Å². The molecular formula is C13H14N3. The molecule has 0 amide bonds. The maximum Gasteiger partial charge on any atom is 0.136 e. The summed E-state index contributed by atoms with van der Waals surface area (Å²) in [5, 5.41) is 6.87. The lowest BCUT2D eigenvalue weighted by atomic mass is 10.1. The maximum absolute atomic E-state index is 4.51. The Bertz CT molecular complexity index is 484. The molecule has 1 aliphatic rings. The highest BCUT2D eigenvalue weighted by Gasteiger charge is 2.14. The molecule has 81 valence electrons. The van der Waals surface area contributed by atoms with Crippen LogP contribution in [0.2, 0.25) is 0 Å². The summed E-state index contributed by atoms with van der Waals surface area (Å²) in [6.45, 7) is 3.82. The lowest BCUT2D eigenvalue weighted by Gasteiger charge is -2.28. The molecule has 0 saturated carbocycles. The Hall–Kier alpha value is -1.61. The number of hydrogen-bond acceptors (Lipinski definition) is 2. The normalized spacial score (nSPS) is 16.6. The van der Waals surface area contributed by atoms with E-state index >= 15 is 0 Å². The van der Waals surface area contributed by atoms with Gasteiger partial charge in [-0.15, -0.1) is 0 Å². The standard InChI is InChI=1S/C13H14N3/c1-2-4-12-11(3-1)5-6-15-13(12)16-9-7-14-8-10-16/h1-6H,7-10H2. The first-order valence-corrected chi connectivity index (χ1v) is 5.67. The highest BCUT2D eigenvalue weighted by Crippen LogP contribution is 2.24. The molecule has 3 rings (SSSR count). The fourth-order valence-electron chi connectivity index (χ4n) is 2.17. The zero-order valence-electron chi connectivity index (χ0n) is 9.13. The third-order valence-electron chi connectivity index (χ3n) is 3.01. The van der Waals surface area contributed by atoms with Crippen molar-refractivity contribution in [3.05, 3.63) is 36.5 Å². The average molecular weight is 212 g/mol. The van der Waals surface area contributed by atoms with E-state index in [2.05, 4.69) is 45.5 Å². The van der Waals surface area contributed by atoms with Crippen molar-refractivity contribution < 1.29 is 0 Å². The van der Waals surface area contributed by atoms with Gasteiger partial charge in [0.25, 0.3) is 0 Å². The van der Waals surface area contributed by atoms with E-state index in [9.17, 15) is 0 Å². The molecule has 3 nitrogen and oxygen atoms in total. The van der Waals surface area contributed by atoms with Crippen LogP contribution in [0.3, 0.4) is 0 Å². The van der Waals surface area contributed by atoms with Crippen LogP contribution in [0.4, 0.5) is 5.82 Å². The van der Waals surface area contributed by atoms with E-state index < -0.39 is 0 Å². The lowest BCUT2D eigenvalue weighted by molar-refractivity contribution is 0.576. The quantitative estimate of drug-likeness (QED) is 0.719. The first kappa shape index (κ1) is 9.60. The minimum atomic E-state index is 0.922. The monoisotopic (exact) mass is 212 g/mol. The van der Waals surface area contributed by atoms with E-state index in [1.165, 1.54) is 10.8 Å². The van der Waals surface area contributed by atoms with Gasteiger partial charge in [0.15, 0.2) is 0 Å². The minimum absolute atomic E-state index is 0.922. The minimum Gasteiger partial charge on any atom is -0.353 e. The van der Waals surface area contributed by atoms with Crippen LogP contribution in [0, 0.1) is 0 Å². The van der Waals surface area contributed by atoms with E-state index in [4.69, 9.17) is 0 Å². The Labute approximate surface area is 95.1 Å². The molecule has 16 heavy (non-hydrogen) atoms. The summed E-state index contributed by atoms with van der Waals surface area (Å²) in [4.78, 5) is 6.84. The van der Waals surface area contributed by atoms with Crippen molar-refractivity contribution in [1.82, 2.24) is 10.3 Å². The smallest absolute Gasteiger partial charge is 0.136 e. The summed E-state index contributed by atoms with van der Waals surface area (Å²) < 4.78 is 0. The summed E-state index contributed by atoms with van der Waals surface area (Å²) in [6.07, 6.45) is 1.89. The first-order valence-electron chi connectivity index (χ1n) is 5.67. The molecular weight excluding hydrogens is 198 g/mol. The van der Waals surface area contributed by atoms with Gasteiger partial charge in [0.2, 0.25) is 0 Å². The van der Waals surface area contributed by atoms with Crippen molar-refractivity contribution in [2.24, 2.45) is 0 Å². The van der Waals surface area contributed by atoms with Gasteiger partial charge in [-0.2, -0.15) is 0 Å². The van der Waals surface area contributed by atoms with Crippen molar-refractivity contribution in [1.29, 1.82) is 0 Å². The van der Waals surface area contributed by atoms with Crippen molar-refractivity contribution in [2.45, 2.75) is 0 Å². The molecule has 1 fully saturated rings. The zero-order chi connectivity index (χ0) is 10.8. The Morgan fingerprint density at radius 3 is 2.69 bits per heavy atom. The molecule has 1 radical (unpaired) electrons. The molecule has 1 aliphatic heterocycles. The van der Waals surface area contributed by atoms with Crippen LogP contribution in [-0.4, -0.2) is 31.2 Å². The highest BCUT2D eigenvalue weighted by molar-refractivity contribution is 5.92. The van der Waals surface area contributed by atoms with Gasteiger partial charge in [0.05, 0.1) is 0 Å². The van der Waals surface area contributed by atoms with Gasteiger partial charge < -0.3 is 4.90 Å². The number of anilines is 1. The van der Waals surface area contributed by atoms with E-state index in [-0.39, 0.29) is 0 Å². The number of fused-ring (bicyclic) bond motifs is 1. The van der Waals surface area contributed by atoms with E-state index in [0.717, 1.165) is 32.0 Å². The van der Waals surface area contributed by atoms with Gasteiger partial charge in [-0.3, -0.25) is 0 Å². The first-order chi connectivity index (χ1) is 7.95. The third-order valence-corrected chi connectivity index (χ3v) is 3.01. The molecule has 0 N–H and O–H groups in total. The summed E-state index contributed by atoms with van der Waals surface area (Å²) in [5.41, 5.74) is 0. The topological polar surface area (TPSA) is 30.2 Å². The summed E-state index contributed by atoms with van der Waals surface area (Å²) >= 11 is 0. The van der Waals surface area contributed by atoms with Crippen LogP contribution < -0.4 is 10.2 Å². The molecule has 1 saturated heterocycles. The van der Waals surface area contributed by atoms with Crippen LogP contribution in [-0.2, 0) is 0 Å². The molecule has 2 heterocycles. The highest BCUT2D eigenvalue weighted by atomic mass is 15.2. The molecule has 2 aromatic rings. The summed E-state index contributed by atoms with van der Waals surface area (Å²) in [5.74, 6) is 1.10. The Kier molecular flexibility index (Phi) is 2.46. The van der Waals surface area contributed by atoms with Crippen molar-refractivity contribution in [3.63, 3.8) is 0 Å². The number of piperazine rings is 1. The van der Waals surface area contributed by atoms with Gasteiger partial charge in [0, 0.05) is 37.8 Å². The van der Waals surface area contributed by atoms with Crippen molar-refractivity contribution in [3.8, 4) is 0 Å². The Balaban J connectivity index is 2.08. The fourth-order valence-corrected chi connectivity index (χ4v) is 2.17. The molecule has 0 aliphatic carbocycles. The van der Waals surface area contributed by atoms with Crippen LogP contribution in [0.15, 0.2) is 36.5 Å². The zero-order valence-corrected chi connectivity index (χ0v) is 9.13. The average Bonchev–Trinajstić information content (AvgIpc) is 2.39. The Morgan fingerprint density at radius 2 is 1.81 bits per heavy atom. The van der Waals surface area contributed by atoms with Gasteiger partial charge in [-0.1, -0.05) is 24.3 Å². The second kappa shape index (κ2) is 4.10. The van der Waals surface area contributed by atoms with Crippen molar-refractivity contribution in [2.75, 3.05) is 31.1 Å². The molecule has 0 bridgehead atoms. The van der Waals surface area contributed by atoms with Gasteiger partial charge >= 0.3 is 0 Å². The molecule has 0 unspecified atom stereocenters. The number of nitrogens with zero attached hydrogens (tertiary/aromatic N) is 3. The van der Waals surface area contributed by atoms with Crippen LogP contribution in [0.5, 0.6) is 0 Å². The molecule has 0 atom stereocenters. The summed E-state index contributed by atoms with van der Waals surface area (Å²) in [6, 6.07) is 10.5. The predicted octanol–water partition coefficient (Wildman–Crippen LogP) is 1.66. The van der Waals surface area contributed by atoms with Gasteiger partial charge in [-0.05, 0) is 11.5 Å². The van der Waals surface area contributed by atoms with Crippen molar-refractivity contribution >= 4 is 16.6 Å². The number of rotatable bonds is 1. The van der Waals surface area contributed by atoms with E-state index in [1.54, 1.807) is 0 Å². The third kappa shape index (κ3) is 1.63. The van der Waals surface area contributed by atoms with Crippen LogP contribution in [0.1, 0.15) is 0 Å². The number of aromatic nitrogens is 1. The van der Waals surface area contributed by atoms with E-state index in [1.807, 2.05) is 6.20 Å². The van der Waals surface area contributed by atoms with Crippen LogP contribution >= 0.6 is 0 Å².